The highest BCUT2D eigenvalue weighted by Gasteiger charge is 2.06. The average Bonchev–Trinajstić information content (AvgIpc) is 2.60. The third-order valence-corrected chi connectivity index (χ3v) is 3.38. The molecular weight excluding hydrogens is 318 g/mol. The highest BCUT2D eigenvalue weighted by molar-refractivity contribution is 6.07. The summed E-state index contributed by atoms with van der Waals surface area (Å²) in [5.74, 6) is 0.947. The second-order valence-corrected chi connectivity index (χ2v) is 5.30. The van der Waals surface area contributed by atoms with Gasteiger partial charge in [-0.25, -0.2) is 0 Å². The van der Waals surface area contributed by atoms with E-state index >= 15 is 0 Å². The standard InChI is InChI=1S/C20H21NO4/c1-4-25-19-11-9-15(12-20(19)24-3)8-10-18(23)16-6-5-7-17(13-16)21-14(2)22/h5-13H,4H2,1-3H3,(H,21,22). The molecule has 0 atom stereocenters. The monoisotopic (exact) mass is 339 g/mol. The number of hydrogen-bond acceptors (Lipinski definition) is 4. The van der Waals surface area contributed by atoms with Gasteiger partial charge in [-0.15, -0.1) is 0 Å². The van der Waals surface area contributed by atoms with Gasteiger partial charge in [0, 0.05) is 18.2 Å². The van der Waals surface area contributed by atoms with Gasteiger partial charge in [-0.3, -0.25) is 9.59 Å². The second kappa shape index (κ2) is 8.68. The maximum Gasteiger partial charge on any atom is 0.221 e. The lowest BCUT2D eigenvalue weighted by molar-refractivity contribution is -0.114. The maximum absolute atomic E-state index is 12.3. The van der Waals surface area contributed by atoms with Crippen molar-refractivity contribution < 1.29 is 19.1 Å². The van der Waals surface area contributed by atoms with Crippen LogP contribution in [0.5, 0.6) is 11.5 Å². The smallest absolute Gasteiger partial charge is 0.221 e. The van der Waals surface area contributed by atoms with Crippen molar-refractivity contribution in [2.75, 3.05) is 19.0 Å². The first kappa shape index (κ1) is 18.3. The Bertz CT molecular complexity index is 796. The number of ketones is 1. The highest BCUT2D eigenvalue weighted by atomic mass is 16.5. The molecule has 0 radical (unpaired) electrons. The Balaban J connectivity index is 2.16. The Morgan fingerprint density at radius 3 is 2.60 bits per heavy atom. The predicted octanol–water partition coefficient (Wildman–Crippen LogP) is 3.95. The number of nitrogens with one attached hydrogen (secondary N) is 1. The largest absolute Gasteiger partial charge is 0.493 e. The number of ether oxygens (including phenoxy) is 2. The van der Waals surface area contributed by atoms with Crippen LogP contribution in [0.4, 0.5) is 5.69 Å². The molecule has 1 amide bonds. The summed E-state index contributed by atoms with van der Waals surface area (Å²) in [7, 11) is 1.57. The van der Waals surface area contributed by atoms with Crippen molar-refractivity contribution in [1.82, 2.24) is 0 Å². The van der Waals surface area contributed by atoms with Crippen LogP contribution in [0, 0.1) is 0 Å². The van der Waals surface area contributed by atoms with Crippen molar-refractivity contribution in [1.29, 1.82) is 0 Å². The van der Waals surface area contributed by atoms with Crippen molar-refractivity contribution in [3.8, 4) is 11.5 Å². The van der Waals surface area contributed by atoms with E-state index in [0.717, 1.165) is 5.56 Å². The van der Waals surface area contributed by atoms with Crippen molar-refractivity contribution >= 4 is 23.5 Å². The molecule has 5 heteroatoms. The van der Waals surface area contributed by atoms with E-state index in [4.69, 9.17) is 9.47 Å². The summed E-state index contributed by atoms with van der Waals surface area (Å²) in [6.07, 6.45) is 3.20. The van der Waals surface area contributed by atoms with Gasteiger partial charge in [-0.1, -0.05) is 24.3 Å². The number of allylic oxidation sites excluding steroid dienone is 1. The molecule has 0 aliphatic carbocycles. The van der Waals surface area contributed by atoms with Crippen molar-refractivity contribution in [3.05, 3.63) is 59.7 Å². The Hall–Kier alpha value is -3.08. The van der Waals surface area contributed by atoms with Crippen LogP contribution in [-0.2, 0) is 4.79 Å². The van der Waals surface area contributed by atoms with Gasteiger partial charge in [-0.2, -0.15) is 0 Å². The SMILES string of the molecule is CCOc1ccc(C=CC(=O)c2cccc(NC(C)=O)c2)cc1OC. The summed E-state index contributed by atoms with van der Waals surface area (Å²) in [4.78, 5) is 23.4. The molecule has 1 N–H and O–H groups in total. The normalized spacial score (nSPS) is 10.5. The summed E-state index contributed by atoms with van der Waals surface area (Å²) in [6.45, 7) is 3.88. The number of benzene rings is 2. The van der Waals surface area contributed by atoms with Crippen molar-refractivity contribution in [2.45, 2.75) is 13.8 Å². The van der Waals surface area contributed by atoms with Gasteiger partial charge in [0.2, 0.25) is 5.91 Å². The van der Waals surface area contributed by atoms with Gasteiger partial charge < -0.3 is 14.8 Å². The molecule has 0 unspecified atom stereocenters. The van der Waals surface area contributed by atoms with E-state index in [0.29, 0.717) is 29.4 Å². The molecule has 25 heavy (non-hydrogen) atoms. The van der Waals surface area contributed by atoms with Crippen LogP contribution in [0.1, 0.15) is 29.8 Å². The van der Waals surface area contributed by atoms with Gasteiger partial charge in [-0.05, 0) is 42.8 Å². The van der Waals surface area contributed by atoms with Crippen molar-refractivity contribution in [2.24, 2.45) is 0 Å². The molecule has 130 valence electrons. The van der Waals surface area contributed by atoms with Crippen molar-refractivity contribution in [3.63, 3.8) is 0 Å². The summed E-state index contributed by atoms with van der Waals surface area (Å²) >= 11 is 0. The molecule has 0 aromatic heterocycles. The predicted molar refractivity (Wildman–Crippen MR) is 98.3 cm³/mol. The van der Waals surface area contributed by atoms with E-state index in [9.17, 15) is 9.59 Å². The maximum atomic E-state index is 12.3. The summed E-state index contributed by atoms with van der Waals surface area (Å²) < 4.78 is 10.8. The fourth-order valence-corrected chi connectivity index (χ4v) is 2.28. The molecule has 5 nitrogen and oxygen atoms in total. The van der Waals surface area contributed by atoms with Crippen LogP contribution in [0.25, 0.3) is 6.08 Å². The molecule has 0 saturated heterocycles. The first-order valence-corrected chi connectivity index (χ1v) is 7.94. The van der Waals surface area contributed by atoms with Crippen LogP contribution in [0.15, 0.2) is 48.5 Å². The Morgan fingerprint density at radius 2 is 1.92 bits per heavy atom. The topological polar surface area (TPSA) is 64.6 Å². The number of carbonyl (C=O) groups excluding carboxylic acids is 2. The van der Waals surface area contributed by atoms with Gasteiger partial charge in [0.05, 0.1) is 13.7 Å². The van der Waals surface area contributed by atoms with Crippen LogP contribution in [-0.4, -0.2) is 25.4 Å². The van der Waals surface area contributed by atoms with E-state index < -0.39 is 0 Å². The number of methoxy groups -OCH3 is 1. The third kappa shape index (κ3) is 5.21. The lowest BCUT2D eigenvalue weighted by Crippen LogP contribution is -2.06. The van der Waals surface area contributed by atoms with E-state index in [1.807, 2.05) is 25.1 Å². The minimum Gasteiger partial charge on any atom is -0.493 e. The van der Waals surface area contributed by atoms with Gasteiger partial charge >= 0.3 is 0 Å². The molecule has 2 aromatic rings. The van der Waals surface area contributed by atoms with E-state index in [2.05, 4.69) is 5.32 Å². The molecule has 2 rings (SSSR count). The molecule has 0 saturated carbocycles. The average molecular weight is 339 g/mol. The Morgan fingerprint density at radius 1 is 1.12 bits per heavy atom. The lowest BCUT2D eigenvalue weighted by Gasteiger charge is -2.09. The van der Waals surface area contributed by atoms with Gasteiger partial charge in [0.25, 0.3) is 0 Å². The molecular formula is C20H21NO4. The molecule has 0 fully saturated rings. The lowest BCUT2D eigenvalue weighted by atomic mass is 10.1. The first-order chi connectivity index (χ1) is 12.0. The molecule has 0 spiro atoms. The third-order valence-electron chi connectivity index (χ3n) is 3.38. The molecule has 0 aliphatic heterocycles. The zero-order valence-electron chi connectivity index (χ0n) is 14.5. The van der Waals surface area contributed by atoms with Crippen LogP contribution < -0.4 is 14.8 Å². The first-order valence-electron chi connectivity index (χ1n) is 7.94. The fraction of sp³-hybridized carbons (Fsp3) is 0.200. The van der Waals surface area contributed by atoms with Gasteiger partial charge in [0.15, 0.2) is 17.3 Å². The zero-order chi connectivity index (χ0) is 18.2. The number of anilines is 1. The van der Waals surface area contributed by atoms with E-state index in [1.165, 1.54) is 13.0 Å². The molecule has 2 aromatic carbocycles. The van der Waals surface area contributed by atoms with E-state index in [1.54, 1.807) is 37.5 Å². The minimum absolute atomic E-state index is 0.153. The fourth-order valence-electron chi connectivity index (χ4n) is 2.28. The summed E-state index contributed by atoms with van der Waals surface area (Å²) in [6, 6.07) is 12.3. The minimum atomic E-state index is -0.179. The van der Waals surface area contributed by atoms with Crippen LogP contribution >= 0.6 is 0 Å². The number of rotatable bonds is 7. The highest BCUT2D eigenvalue weighted by Crippen LogP contribution is 2.28. The second-order valence-electron chi connectivity index (χ2n) is 5.30. The number of amides is 1. The number of hydrogen-bond donors (Lipinski definition) is 1. The van der Waals surface area contributed by atoms with Gasteiger partial charge in [0.1, 0.15) is 0 Å². The molecule has 0 aliphatic rings. The molecule has 0 heterocycles. The quantitative estimate of drug-likeness (QED) is 0.613. The van der Waals surface area contributed by atoms with E-state index in [-0.39, 0.29) is 11.7 Å². The molecule has 0 bridgehead atoms. The zero-order valence-corrected chi connectivity index (χ0v) is 14.5. The Kier molecular flexibility index (Phi) is 6.34. The number of carbonyl (C=O) groups is 2. The Labute approximate surface area is 147 Å². The summed E-state index contributed by atoms with van der Waals surface area (Å²) in [5.41, 5.74) is 1.92. The summed E-state index contributed by atoms with van der Waals surface area (Å²) in [5, 5.41) is 2.66. The van der Waals surface area contributed by atoms with Crippen LogP contribution in [0.3, 0.4) is 0 Å². The van der Waals surface area contributed by atoms with Crippen LogP contribution in [0.2, 0.25) is 0 Å².